The minimum Gasteiger partial charge on any atom is -0.477 e. The van der Waals surface area contributed by atoms with Gasteiger partial charge in [-0.25, -0.2) is 9.78 Å². The summed E-state index contributed by atoms with van der Waals surface area (Å²) in [7, 11) is 0. The number of nitrogens with zero attached hydrogens (tertiary/aromatic N) is 3. The van der Waals surface area contributed by atoms with Crippen LogP contribution >= 0.6 is 0 Å². The zero-order valence-corrected chi connectivity index (χ0v) is 11.3. The van der Waals surface area contributed by atoms with E-state index in [1.807, 2.05) is 13.0 Å². The van der Waals surface area contributed by atoms with Crippen molar-refractivity contribution in [2.24, 2.45) is 5.92 Å². The number of fused-ring (bicyclic) bond motifs is 1. The van der Waals surface area contributed by atoms with Crippen molar-refractivity contribution in [3.05, 3.63) is 23.5 Å². The first-order valence-electron chi connectivity index (χ1n) is 6.31. The third-order valence-corrected chi connectivity index (χ3v) is 2.86. The summed E-state index contributed by atoms with van der Waals surface area (Å²) < 4.78 is 1.54. The molecule has 102 valence electrons. The average Bonchev–Trinajstić information content (AvgIpc) is 2.71. The first-order valence-corrected chi connectivity index (χ1v) is 6.31. The van der Waals surface area contributed by atoms with Gasteiger partial charge in [-0.2, -0.15) is 9.61 Å². The number of carbonyl (C=O) groups is 1. The van der Waals surface area contributed by atoms with Crippen LogP contribution < -0.4 is 5.32 Å². The van der Waals surface area contributed by atoms with Gasteiger partial charge in [-0.1, -0.05) is 13.8 Å². The number of carboxylic acids is 1. The minimum absolute atomic E-state index is 0.121. The Balaban J connectivity index is 2.35. The molecule has 2 rings (SSSR count). The van der Waals surface area contributed by atoms with Crippen molar-refractivity contribution in [2.75, 3.05) is 11.9 Å². The van der Waals surface area contributed by atoms with Crippen molar-refractivity contribution in [3.8, 4) is 0 Å². The van der Waals surface area contributed by atoms with Crippen LogP contribution in [-0.4, -0.2) is 32.2 Å². The van der Waals surface area contributed by atoms with Crippen molar-refractivity contribution in [1.82, 2.24) is 14.6 Å². The van der Waals surface area contributed by atoms with E-state index in [2.05, 4.69) is 29.2 Å². The first-order chi connectivity index (χ1) is 8.99. The van der Waals surface area contributed by atoms with Crippen molar-refractivity contribution < 1.29 is 9.90 Å². The molecule has 0 aliphatic carbocycles. The van der Waals surface area contributed by atoms with Crippen LogP contribution in [0.2, 0.25) is 0 Å². The predicted molar refractivity (Wildman–Crippen MR) is 72.6 cm³/mol. The van der Waals surface area contributed by atoms with E-state index in [0.29, 0.717) is 11.6 Å². The molecule has 0 aromatic carbocycles. The molecular weight excluding hydrogens is 244 g/mol. The highest BCUT2D eigenvalue weighted by atomic mass is 16.4. The number of nitrogens with one attached hydrogen (secondary N) is 1. The molecular formula is C13H18N4O2. The summed E-state index contributed by atoms with van der Waals surface area (Å²) in [5.41, 5.74) is 1.26. The lowest BCUT2D eigenvalue weighted by atomic mass is 10.1. The standard InChI is InChI=1S/C13H18N4O2/c1-8(2)4-5-14-11-6-9(3)16-12-10(13(18)19)7-15-17(11)12/h6-8,14H,4-5H2,1-3H3,(H,18,19). The largest absolute Gasteiger partial charge is 0.477 e. The molecule has 0 radical (unpaired) electrons. The first kappa shape index (κ1) is 13.3. The van der Waals surface area contributed by atoms with Gasteiger partial charge in [0.15, 0.2) is 5.65 Å². The second kappa shape index (κ2) is 5.26. The maximum atomic E-state index is 11.1. The van der Waals surface area contributed by atoms with Gasteiger partial charge >= 0.3 is 5.97 Å². The number of carboxylic acid groups (broad SMARTS) is 1. The lowest BCUT2D eigenvalue weighted by Crippen LogP contribution is -2.10. The molecule has 0 aliphatic rings. The molecule has 2 aromatic heterocycles. The fourth-order valence-electron chi connectivity index (χ4n) is 1.85. The number of anilines is 1. The Morgan fingerprint density at radius 3 is 2.89 bits per heavy atom. The van der Waals surface area contributed by atoms with E-state index in [1.54, 1.807) is 0 Å². The van der Waals surface area contributed by atoms with Crippen LogP contribution in [0.1, 0.15) is 36.3 Å². The van der Waals surface area contributed by atoms with Gasteiger partial charge in [0.05, 0.1) is 6.20 Å². The summed E-state index contributed by atoms with van der Waals surface area (Å²) in [6.07, 6.45) is 2.37. The number of aromatic nitrogens is 3. The van der Waals surface area contributed by atoms with E-state index in [-0.39, 0.29) is 5.56 Å². The quantitative estimate of drug-likeness (QED) is 0.863. The highest BCUT2D eigenvalue weighted by molar-refractivity contribution is 5.94. The number of hydrogen-bond acceptors (Lipinski definition) is 4. The van der Waals surface area contributed by atoms with Crippen molar-refractivity contribution in [2.45, 2.75) is 27.2 Å². The van der Waals surface area contributed by atoms with Crippen molar-refractivity contribution in [1.29, 1.82) is 0 Å². The molecule has 0 spiro atoms. The van der Waals surface area contributed by atoms with Gasteiger partial charge in [0.25, 0.3) is 0 Å². The molecule has 19 heavy (non-hydrogen) atoms. The smallest absolute Gasteiger partial charge is 0.341 e. The minimum atomic E-state index is -1.01. The monoisotopic (exact) mass is 262 g/mol. The SMILES string of the molecule is Cc1cc(NCCC(C)C)n2ncc(C(=O)O)c2n1. The lowest BCUT2D eigenvalue weighted by molar-refractivity contribution is 0.0699. The molecule has 0 saturated carbocycles. The Bertz CT molecular complexity index is 604. The fraction of sp³-hybridized carbons (Fsp3) is 0.462. The predicted octanol–water partition coefficient (Wildman–Crippen LogP) is 2.19. The van der Waals surface area contributed by atoms with Crippen molar-refractivity contribution >= 4 is 17.4 Å². The molecule has 0 bridgehead atoms. The second-order valence-corrected chi connectivity index (χ2v) is 4.99. The van der Waals surface area contributed by atoms with Gasteiger partial charge in [-0.3, -0.25) is 0 Å². The van der Waals surface area contributed by atoms with E-state index < -0.39 is 5.97 Å². The van der Waals surface area contributed by atoms with Crippen molar-refractivity contribution in [3.63, 3.8) is 0 Å². The molecule has 0 amide bonds. The average molecular weight is 262 g/mol. The molecule has 2 heterocycles. The Hall–Kier alpha value is -2.11. The summed E-state index contributed by atoms with van der Waals surface area (Å²) in [6.45, 7) is 6.97. The van der Waals surface area contributed by atoms with E-state index in [9.17, 15) is 4.79 Å². The molecule has 0 fully saturated rings. The molecule has 0 saturated heterocycles. The van der Waals surface area contributed by atoms with E-state index in [1.165, 1.54) is 10.7 Å². The van der Waals surface area contributed by atoms with Crippen LogP contribution in [-0.2, 0) is 0 Å². The molecule has 2 N–H and O–H groups in total. The fourth-order valence-corrected chi connectivity index (χ4v) is 1.85. The number of aryl methyl sites for hydroxylation is 1. The highest BCUT2D eigenvalue weighted by Crippen LogP contribution is 2.16. The summed E-state index contributed by atoms with van der Waals surface area (Å²) in [5.74, 6) is 0.370. The van der Waals surface area contributed by atoms with Gasteiger partial charge in [0.2, 0.25) is 0 Å². The molecule has 0 aliphatic heterocycles. The Labute approximate surface area is 111 Å². The van der Waals surface area contributed by atoms with Crippen LogP contribution in [0.5, 0.6) is 0 Å². The summed E-state index contributed by atoms with van der Waals surface area (Å²) >= 11 is 0. The number of aromatic carboxylic acids is 1. The molecule has 6 heteroatoms. The van der Waals surface area contributed by atoms with Crippen LogP contribution in [0, 0.1) is 12.8 Å². The third-order valence-electron chi connectivity index (χ3n) is 2.86. The van der Waals surface area contributed by atoms with Crippen LogP contribution in [0.25, 0.3) is 5.65 Å². The summed E-state index contributed by atoms with van der Waals surface area (Å²) in [6, 6.07) is 1.87. The third kappa shape index (κ3) is 2.83. The number of rotatable bonds is 5. The van der Waals surface area contributed by atoms with Gasteiger partial charge in [0.1, 0.15) is 11.4 Å². The zero-order valence-electron chi connectivity index (χ0n) is 11.3. The molecule has 0 unspecified atom stereocenters. The van der Waals surface area contributed by atoms with Gasteiger partial charge in [0, 0.05) is 18.3 Å². The topological polar surface area (TPSA) is 79.5 Å². The van der Waals surface area contributed by atoms with E-state index >= 15 is 0 Å². The maximum Gasteiger partial charge on any atom is 0.341 e. The van der Waals surface area contributed by atoms with Gasteiger partial charge in [-0.15, -0.1) is 0 Å². The molecule has 2 aromatic rings. The lowest BCUT2D eigenvalue weighted by Gasteiger charge is -2.10. The number of hydrogen-bond donors (Lipinski definition) is 2. The Morgan fingerprint density at radius 2 is 2.26 bits per heavy atom. The summed E-state index contributed by atoms with van der Waals surface area (Å²) in [5, 5.41) is 16.5. The van der Waals surface area contributed by atoms with Gasteiger partial charge in [-0.05, 0) is 19.3 Å². The van der Waals surface area contributed by atoms with E-state index in [4.69, 9.17) is 5.11 Å². The Morgan fingerprint density at radius 1 is 1.53 bits per heavy atom. The molecule has 6 nitrogen and oxygen atoms in total. The van der Waals surface area contributed by atoms with E-state index in [0.717, 1.165) is 24.5 Å². The van der Waals surface area contributed by atoms with Crippen LogP contribution in [0.4, 0.5) is 5.82 Å². The van der Waals surface area contributed by atoms with Crippen LogP contribution in [0.15, 0.2) is 12.3 Å². The summed E-state index contributed by atoms with van der Waals surface area (Å²) in [4.78, 5) is 15.3. The van der Waals surface area contributed by atoms with Gasteiger partial charge < -0.3 is 10.4 Å². The Kier molecular flexibility index (Phi) is 3.69. The zero-order chi connectivity index (χ0) is 14.0. The maximum absolute atomic E-state index is 11.1. The molecule has 0 atom stereocenters. The highest BCUT2D eigenvalue weighted by Gasteiger charge is 2.15. The second-order valence-electron chi connectivity index (χ2n) is 4.99. The van der Waals surface area contributed by atoms with Crippen LogP contribution in [0.3, 0.4) is 0 Å². The normalized spacial score (nSPS) is 11.2.